The van der Waals surface area contributed by atoms with Crippen molar-refractivity contribution in [2.75, 3.05) is 13.2 Å². The van der Waals surface area contributed by atoms with Gasteiger partial charge in [0.15, 0.2) is 11.5 Å². The molecule has 0 saturated heterocycles. The third kappa shape index (κ3) is 1.54. The maximum absolute atomic E-state index is 5.41. The van der Waals surface area contributed by atoms with Gasteiger partial charge in [-0.2, -0.15) is 0 Å². The standard InChI is InChI=1S/C8H7BrO2S/c9-12-6-1-2-7-8(5-6)11-4-3-10-7/h1-2,5H,3-4H2. The molecule has 0 aliphatic carbocycles. The zero-order valence-corrected chi connectivity index (χ0v) is 8.65. The van der Waals surface area contributed by atoms with Gasteiger partial charge in [-0.1, -0.05) is 0 Å². The lowest BCUT2D eigenvalue weighted by Gasteiger charge is -2.18. The minimum atomic E-state index is 0.642. The van der Waals surface area contributed by atoms with E-state index in [1.807, 2.05) is 18.2 Å². The van der Waals surface area contributed by atoms with Gasteiger partial charge < -0.3 is 9.47 Å². The fourth-order valence-electron chi connectivity index (χ4n) is 1.07. The Morgan fingerprint density at radius 2 is 1.92 bits per heavy atom. The number of ether oxygens (including phenoxy) is 2. The molecule has 2 nitrogen and oxygen atoms in total. The molecule has 0 saturated carbocycles. The highest BCUT2D eigenvalue weighted by Crippen LogP contribution is 2.35. The molecular weight excluding hydrogens is 240 g/mol. The van der Waals surface area contributed by atoms with Crippen molar-refractivity contribution in [3.05, 3.63) is 18.2 Å². The van der Waals surface area contributed by atoms with Crippen molar-refractivity contribution in [1.29, 1.82) is 0 Å². The van der Waals surface area contributed by atoms with E-state index in [9.17, 15) is 0 Å². The summed E-state index contributed by atoms with van der Waals surface area (Å²) in [6.07, 6.45) is 0. The van der Waals surface area contributed by atoms with Crippen LogP contribution in [0.2, 0.25) is 0 Å². The molecule has 1 aromatic rings. The molecule has 0 aromatic heterocycles. The van der Waals surface area contributed by atoms with E-state index in [0.717, 1.165) is 16.4 Å². The topological polar surface area (TPSA) is 18.5 Å². The minimum Gasteiger partial charge on any atom is -0.486 e. The first-order chi connectivity index (χ1) is 5.90. The van der Waals surface area contributed by atoms with Gasteiger partial charge in [0, 0.05) is 4.90 Å². The lowest BCUT2D eigenvalue weighted by Crippen LogP contribution is -2.15. The lowest BCUT2D eigenvalue weighted by atomic mass is 10.3. The molecule has 0 unspecified atom stereocenters. The molecule has 0 radical (unpaired) electrons. The van der Waals surface area contributed by atoms with Gasteiger partial charge >= 0.3 is 0 Å². The van der Waals surface area contributed by atoms with Crippen LogP contribution in [0.4, 0.5) is 0 Å². The Labute approximate surface area is 82.4 Å². The van der Waals surface area contributed by atoms with Crippen molar-refractivity contribution in [2.24, 2.45) is 0 Å². The summed E-state index contributed by atoms with van der Waals surface area (Å²) in [7, 11) is 1.52. The maximum Gasteiger partial charge on any atom is 0.162 e. The molecule has 0 spiro atoms. The first-order valence-corrected chi connectivity index (χ1v) is 6.24. The molecular formula is C8H7BrO2S. The highest BCUT2D eigenvalue weighted by molar-refractivity contribution is 9.50. The third-order valence-corrected chi connectivity index (χ3v) is 3.16. The van der Waals surface area contributed by atoms with Gasteiger partial charge in [0.1, 0.15) is 13.2 Å². The van der Waals surface area contributed by atoms with Gasteiger partial charge in [0.25, 0.3) is 0 Å². The summed E-state index contributed by atoms with van der Waals surface area (Å²) in [5.41, 5.74) is 0. The Hall–Kier alpha value is -0.350. The minimum absolute atomic E-state index is 0.642. The highest BCUT2D eigenvalue weighted by Gasteiger charge is 2.10. The monoisotopic (exact) mass is 246 g/mol. The van der Waals surface area contributed by atoms with E-state index in [1.165, 1.54) is 10.2 Å². The highest BCUT2D eigenvalue weighted by atomic mass is 79.9. The van der Waals surface area contributed by atoms with Crippen molar-refractivity contribution in [1.82, 2.24) is 0 Å². The summed E-state index contributed by atoms with van der Waals surface area (Å²) in [4.78, 5) is 1.12. The Bertz CT molecular complexity index is 290. The van der Waals surface area contributed by atoms with Crippen molar-refractivity contribution in [3.63, 3.8) is 0 Å². The Morgan fingerprint density at radius 3 is 2.67 bits per heavy atom. The van der Waals surface area contributed by atoms with Crippen molar-refractivity contribution >= 4 is 25.0 Å². The van der Waals surface area contributed by atoms with Gasteiger partial charge in [-0.15, -0.1) is 0 Å². The van der Waals surface area contributed by atoms with Crippen LogP contribution in [0.15, 0.2) is 23.1 Å². The van der Waals surface area contributed by atoms with Crippen LogP contribution in [-0.4, -0.2) is 13.2 Å². The molecule has 0 bridgehead atoms. The predicted molar refractivity (Wildman–Crippen MR) is 52.2 cm³/mol. The van der Waals surface area contributed by atoms with Gasteiger partial charge in [-0.05, 0) is 43.2 Å². The molecule has 1 aliphatic rings. The van der Waals surface area contributed by atoms with Crippen LogP contribution in [0, 0.1) is 0 Å². The second-order valence-electron chi connectivity index (χ2n) is 2.38. The largest absolute Gasteiger partial charge is 0.486 e. The second-order valence-corrected chi connectivity index (χ2v) is 3.98. The van der Waals surface area contributed by atoms with Crippen LogP contribution in [0.1, 0.15) is 0 Å². The predicted octanol–water partition coefficient (Wildman–Crippen LogP) is 2.86. The average molecular weight is 247 g/mol. The second kappa shape index (κ2) is 3.58. The average Bonchev–Trinajstić information content (AvgIpc) is 2.17. The molecule has 2 rings (SSSR count). The van der Waals surface area contributed by atoms with Gasteiger partial charge in [-0.25, -0.2) is 0 Å². The number of hydrogen-bond donors (Lipinski definition) is 0. The van der Waals surface area contributed by atoms with Crippen LogP contribution < -0.4 is 9.47 Å². The van der Waals surface area contributed by atoms with Crippen molar-refractivity contribution in [2.45, 2.75) is 4.90 Å². The van der Waals surface area contributed by atoms with Crippen LogP contribution in [-0.2, 0) is 0 Å². The van der Waals surface area contributed by atoms with Crippen LogP contribution >= 0.6 is 25.0 Å². The van der Waals surface area contributed by atoms with Gasteiger partial charge in [0.05, 0.1) is 0 Å². The Kier molecular flexibility index (Phi) is 2.46. The van der Waals surface area contributed by atoms with E-state index in [4.69, 9.17) is 9.47 Å². The van der Waals surface area contributed by atoms with E-state index < -0.39 is 0 Å². The zero-order valence-electron chi connectivity index (χ0n) is 6.25. The summed E-state index contributed by atoms with van der Waals surface area (Å²) in [6, 6.07) is 5.89. The zero-order chi connectivity index (χ0) is 8.39. The third-order valence-electron chi connectivity index (χ3n) is 1.60. The Balaban J connectivity index is 2.36. The quantitative estimate of drug-likeness (QED) is 0.760. The number of rotatable bonds is 1. The molecule has 4 heteroatoms. The molecule has 1 aliphatic heterocycles. The molecule has 12 heavy (non-hydrogen) atoms. The van der Waals surface area contributed by atoms with E-state index in [2.05, 4.69) is 14.8 Å². The first kappa shape index (κ1) is 8.26. The summed E-state index contributed by atoms with van der Waals surface area (Å²) >= 11 is 3.31. The van der Waals surface area contributed by atoms with Crippen LogP contribution in [0.5, 0.6) is 11.5 Å². The summed E-state index contributed by atoms with van der Waals surface area (Å²) < 4.78 is 10.8. The molecule has 0 fully saturated rings. The Morgan fingerprint density at radius 1 is 1.17 bits per heavy atom. The first-order valence-electron chi connectivity index (χ1n) is 3.58. The van der Waals surface area contributed by atoms with Gasteiger partial charge in [0.2, 0.25) is 0 Å². The molecule has 1 heterocycles. The van der Waals surface area contributed by atoms with E-state index in [-0.39, 0.29) is 0 Å². The molecule has 1 aromatic carbocycles. The van der Waals surface area contributed by atoms with Crippen LogP contribution in [0.25, 0.3) is 0 Å². The smallest absolute Gasteiger partial charge is 0.162 e. The summed E-state index contributed by atoms with van der Waals surface area (Å²) in [5.74, 6) is 1.68. The fraction of sp³-hybridized carbons (Fsp3) is 0.250. The molecule has 0 amide bonds. The maximum atomic E-state index is 5.41. The van der Waals surface area contributed by atoms with E-state index in [0.29, 0.717) is 13.2 Å². The molecule has 64 valence electrons. The summed E-state index contributed by atoms with van der Waals surface area (Å²) in [6.45, 7) is 1.29. The van der Waals surface area contributed by atoms with E-state index >= 15 is 0 Å². The molecule has 0 N–H and O–H groups in total. The normalized spacial score (nSPS) is 14.4. The number of halogens is 1. The number of benzene rings is 1. The van der Waals surface area contributed by atoms with Crippen molar-refractivity contribution < 1.29 is 9.47 Å². The van der Waals surface area contributed by atoms with Crippen LogP contribution in [0.3, 0.4) is 0 Å². The molecule has 0 atom stereocenters. The number of fused-ring (bicyclic) bond motifs is 1. The SMILES string of the molecule is BrSc1ccc2c(c1)OCCO2. The fourth-order valence-corrected chi connectivity index (χ4v) is 1.95. The number of hydrogen-bond acceptors (Lipinski definition) is 3. The van der Waals surface area contributed by atoms with Gasteiger partial charge in [-0.3, -0.25) is 0 Å². The van der Waals surface area contributed by atoms with Crippen molar-refractivity contribution in [3.8, 4) is 11.5 Å². The lowest BCUT2D eigenvalue weighted by molar-refractivity contribution is 0.171. The van der Waals surface area contributed by atoms with E-state index in [1.54, 1.807) is 0 Å². The summed E-state index contributed by atoms with van der Waals surface area (Å²) in [5, 5.41) is 0.